The van der Waals surface area contributed by atoms with Crippen molar-refractivity contribution in [2.45, 2.75) is 95.9 Å². The monoisotopic (exact) mass is 666 g/mol. The van der Waals surface area contributed by atoms with E-state index in [1.54, 1.807) is 0 Å². The third kappa shape index (κ3) is 6.01. The summed E-state index contributed by atoms with van der Waals surface area (Å²) >= 11 is 0. The van der Waals surface area contributed by atoms with E-state index in [1.807, 2.05) is 21.8 Å². The van der Waals surface area contributed by atoms with Crippen molar-refractivity contribution in [2.24, 2.45) is 0 Å². The molecule has 256 valence electrons. The van der Waals surface area contributed by atoms with Crippen LogP contribution in [0.3, 0.4) is 0 Å². The van der Waals surface area contributed by atoms with Crippen LogP contribution in [0.4, 0.5) is 11.4 Å². The molecule has 1 aliphatic rings. The van der Waals surface area contributed by atoms with Crippen LogP contribution in [0.15, 0.2) is 54.9 Å². The summed E-state index contributed by atoms with van der Waals surface area (Å²) in [4.78, 5) is 14.6. The first-order valence-electron chi connectivity index (χ1n) is 17.6. The molecular formula is C44H50N4O2+2. The van der Waals surface area contributed by atoms with E-state index in [-0.39, 0.29) is 11.8 Å². The van der Waals surface area contributed by atoms with Crippen LogP contribution < -0.4 is 9.67 Å². The fourth-order valence-corrected chi connectivity index (χ4v) is 8.56. The number of aryl methyl sites for hydroxylation is 12. The van der Waals surface area contributed by atoms with Crippen LogP contribution in [0.1, 0.15) is 78.9 Å². The molecule has 0 spiro atoms. The summed E-state index contributed by atoms with van der Waals surface area (Å²) in [7, 11) is 0. The predicted octanol–water partition coefficient (Wildman–Crippen LogP) is 8.16. The number of amides is 1. The number of rotatable bonds is 7. The lowest BCUT2D eigenvalue weighted by Gasteiger charge is -2.12. The highest BCUT2D eigenvalue weighted by molar-refractivity contribution is 6.36. The third-order valence-corrected chi connectivity index (χ3v) is 10.1. The molecule has 1 amide bonds. The van der Waals surface area contributed by atoms with Gasteiger partial charge in [0, 0.05) is 28.7 Å². The highest BCUT2D eigenvalue weighted by Crippen LogP contribution is 2.32. The second-order valence-corrected chi connectivity index (χ2v) is 14.7. The predicted molar refractivity (Wildman–Crippen MR) is 201 cm³/mol. The summed E-state index contributed by atoms with van der Waals surface area (Å²) in [6, 6.07) is 17.2. The second kappa shape index (κ2) is 13.0. The Hall–Kier alpha value is -5.10. The molecular weight excluding hydrogens is 617 g/mol. The molecule has 0 N–H and O–H groups in total. The van der Waals surface area contributed by atoms with Gasteiger partial charge in [-0.2, -0.15) is 4.57 Å². The molecule has 0 fully saturated rings. The van der Waals surface area contributed by atoms with Crippen LogP contribution >= 0.6 is 0 Å². The first-order valence-corrected chi connectivity index (χ1v) is 17.6. The Morgan fingerprint density at radius 1 is 0.540 bits per heavy atom. The topological polar surface area (TPSA) is 55.0 Å². The SMILES string of the molecule is Cc1cc(C)c(-n2c[n+](-c3c(C)cc(C)cc3C)c([O-])c2CCC2=[N+](c3c(C)cc(C)cc3C)C=[N+](c3c(C)cc(C)cc3C)C2=O)c(C)c1. The van der Waals surface area contributed by atoms with Gasteiger partial charge in [0.15, 0.2) is 0 Å². The molecule has 0 unspecified atom stereocenters. The lowest BCUT2D eigenvalue weighted by Crippen LogP contribution is -2.34. The zero-order chi connectivity index (χ0) is 36.3. The maximum atomic E-state index is 14.6. The Morgan fingerprint density at radius 3 is 1.40 bits per heavy atom. The van der Waals surface area contributed by atoms with Gasteiger partial charge in [0.25, 0.3) is 6.33 Å². The number of carbonyl (C=O) groups is 1. The van der Waals surface area contributed by atoms with Gasteiger partial charge in [-0.3, -0.25) is 0 Å². The lowest BCUT2D eigenvalue weighted by molar-refractivity contribution is -0.649. The number of hydrogen-bond donors (Lipinski definition) is 0. The van der Waals surface area contributed by atoms with E-state index in [0.29, 0.717) is 24.2 Å². The molecule has 1 aromatic heterocycles. The first kappa shape index (κ1) is 34.8. The van der Waals surface area contributed by atoms with Gasteiger partial charge < -0.3 is 5.11 Å². The molecule has 6 rings (SSSR count). The molecule has 50 heavy (non-hydrogen) atoms. The molecule has 2 heterocycles. The van der Waals surface area contributed by atoms with Crippen molar-refractivity contribution in [1.82, 2.24) is 4.57 Å². The Kier molecular flexibility index (Phi) is 9.02. The molecule has 0 bridgehead atoms. The largest absolute Gasteiger partial charge is 0.839 e. The number of aromatic nitrogens is 2. The third-order valence-electron chi connectivity index (χ3n) is 10.1. The Labute approximate surface area is 297 Å². The number of benzene rings is 4. The number of carbonyl (C=O) groups excluding carboxylic acids is 1. The molecule has 0 radical (unpaired) electrons. The summed E-state index contributed by atoms with van der Waals surface area (Å²) in [5.41, 5.74) is 18.4. The van der Waals surface area contributed by atoms with Crippen LogP contribution in [0.5, 0.6) is 5.88 Å². The highest BCUT2D eigenvalue weighted by atomic mass is 16.3. The molecule has 0 atom stereocenters. The molecule has 6 nitrogen and oxygen atoms in total. The Bertz CT molecular complexity index is 2220. The Balaban J connectivity index is 1.54. The van der Waals surface area contributed by atoms with Crippen molar-refractivity contribution in [3.63, 3.8) is 0 Å². The van der Waals surface area contributed by atoms with E-state index in [9.17, 15) is 9.90 Å². The minimum absolute atomic E-state index is 0.0641. The summed E-state index contributed by atoms with van der Waals surface area (Å²) in [6.45, 7) is 25.1. The number of hydrogen-bond acceptors (Lipinski definition) is 2. The standard InChI is InChI=1S/C44H50N4O2/c1-25-15-29(5)39(30(6)16-25)45-23-47(41-33(9)19-27(3)20-34(41)10)43(49)37(45)13-14-38-44(50)48(42-35(11)21-28(4)22-36(42)12)24-46(38)40-31(7)17-26(2)18-32(40)8/h15-24H,13-14H2,1-12H3/q+2. The summed E-state index contributed by atoms with van der Waals surface area (Å²) in [6.07, 6.45) is 4.69. The van der Waals surface area contributed by atoms with Crippen LogP contribution in [-0.4, -0.2) is 31.7 Å². The molecule has 5 aromatic rings. The lowest BCUT2D eigenvalue weighted by atomic mass is 10.0. The number of nitrogens with zero attached hydrogens (tertiary/aromatic N) is 4. The van der Waals surface area contributed by atoms with Crippen LogP contribution in [0.2, 0.25) is 0 Å². The van der Waals surface area contributed by atoms with Crippen LogP contribution in [-0.2, 0) is 11.2 Å². The summed E-state index contributed by atoms with van der Waals surface area (Å²) < 4.78 is 7.77. The van der Waals surface area contributed by atoms with E-state index in [4.69, 9.17) is 0 Å². The fraction of sp³-hybridized carbons (Fsp3) is 0.318. The second-order valence-electron chi connectivity index (χ2n) is 14.7. The minimum Gasteiger partial charge on any atom is -0.839 e. The molecule has 6 heteroatoms. The van der Waals surface area contributed by atoms with E-state index in [2.05, 4.69) is 141 Å². The fourth-order valence-electron chi connectivity index (χ4n) is 8.56. The van der Waals surface area contributed by atoms with E-state index in [0.717, 1.165) is 67.3 Å². The summed E-state index contributed by atoms with van der Waals surface area (Å²) in [5.74, 6) is -0.128. The molecule has 0 saturated heterocycles. The average Bonchev–Trinajstić information content (AvgIpc) is 3.45. The maximum absolute atomic E-state index is 14.6. The Morgan fingerprint density at radius 2 is 0.940 bits per heavy atom. The van der Waals surface area contributed by atoms with Gasteiger partial charge in [-0.25, -0.2) is 9.36 Å². The molecule has 4 aromatic carbocycles. The zero-order valence-electron chi connectivity index (χ0n) is 31.8. The molecule has 0 saturated carbocycles. The first-order chi connectivity index (χ1) is 23.6. The van der Waals surface area contributed by atoms with Crippen molar-refractivity contribution in [3.8, 4) is 17.3 Å². The van der Waals surface area contributed by atoms with E-state index < -0.39 is 0 Å². The van der Waals surface area contributed by atoms with E-state index >= 15 is 0 Å². The quantitative estimate of drug-likeness (QED) is 0.165. The van der Waals surface area contributed by atoms with Crippen LogP contribution in [0.25, 0.3) is 11.4 Å². The van der Waals surface area contributed by atoms with Gasteiger partial charge >= 0.3 is 18.0 Å². The van der Waals surface area contributed by atoms with Crippen molar-refractivity contribution in [3.05, 3.63) is 127 Å². The molecule has 1 aliphatic heterocycles. The van der Waals surface area contributed by atoms with Gasteiger partial charge in [0.05, 0.1) is 6.42 Å². The smallest absolute Gasteiger partial charge is 0.490 e. The van der Waals surface area contributed by atoms with Crippen molar-refractivity contribution < 1.29 is 23.6 Å². The number of imidazole rings is 1. The van der Waals surface area contributed by atoms with Gasteiger partial charge in [-0.1, -0.05) is 55.7 Å². The van der Waals surface area contributed by atoms with Gasteiger partial charge in [-0.15, -0.1) is 0 Å². The van der Waals surface area contributed by atoms with Crippen molar-refractivity contribution in [2.75, 3.05) is 0 Å². The zero-order valence-corrected chi connectivity index (χ0v) is 31.8. The van der Waals surface area contributed by atoms with Gasteiger partial charge in [0.2, 0.25) is 11.4 Å². The van der Waals surface area contributed by atoms with E-state index in [1.165, 1.54) is 22.3 Å². The highest BCUT2D eigenvalue weighted by Gasteiger charge is 2.46. The van der Waals surface area contributed by atoms with Crippen molar-refractivity contribution in [1.29, 1.82) is 0 Å². The average molecular weight is 667 g/mol. The van der Waals surface area contributed by atoms with Crippen molar-refractivity contribution >= 4 is 29.3 Å². The van der Waals surface area contributed by atoms with Gasteiger partial charge in [0.1, 0.15) is 22.9 Å². The van der Waals surface area contributed by atoms with Crippen LogP contribution in [0, 0.1) is 83.1 Å². The molecule has 0 aliphatic carbocycles. The van der Waals surface area contributed by atoms with Gasteiger partial charge in [-0.05, 0) is 130 Å². The maximum Gasteiger partial charge on any atom is 0.490 e. The normalized spacial score (nSPS) is 13.1. The minimum atomic E-state index is -0.0641. The summed E-state index contributed by atoms with van der Waals surface area (Å²) in [5, 5.41) is 14.6.